The van der Waals surface area contributed by atoms with Crippen LogP contribution in [0.4, 0.5) is 5.69 Å². The van der Waals surface area contributed by atoms with Crippen LogP contribution < -0.4 is 10.6 Å². The molecule has 0 saturated carbocycles. The highest BCUT2D eigenvalue weighted by atomic mass is 16.5. The molecule has 2 aliphatic heterocycles. The highest BCUT2D eigenvalue weighted by molar-refractivity contribution is 5.92. The van der Waals surface area contributed by atoms with Gasteiger partial charge in [0.15, 0.2) is 0 Å². The standard InChI is InChI=1S/C15H19N3O3/c1-16-14(19)13-9-21-7-6-18(13)15(20)12-8-10-4-2-3-5-11(10)17-12/h2-5,12-13,17H,6-9H2,1H3,(H,16,19)/t12-,13?/m0/s1. The molecule has 2 atom stereocenters. The van der Waals surface area contributed by atoms with E-state index in [0.29, 0.717) is 19.6 Å². The van der Waals surface area contributed by atoms with Crippen molar-refractivity contribution in [2.24, 2.45) is 0 Å². The lowest BCUT2D eigenvalue weighted by atomic mass is 10.1. The summed E-state index contributed by atoms with van der Waals surface area (Å²) < 4.78 is 5.33. The molecule has 1 fully saturated rings. The van der Waals surface area contributed by atoms with Crippen molar-refractivity contribution in [3.63, 3.8) is 0 Å². The van der Waals surface area contributed by atoms with Crippen LogP contribution in [-0.2, 0) is 20.7 Å². The van der Waals surface area contributed by atoms with Gasteiger partial charge < -0.3 is 20.3 Å². The monoisotopic (exact) mass is 289 g/mol. The van der Waals surface area contributed by atoms with E-state index in [-0.39, 0.29) is 24.5 Å². The molecule has 0 aromatic heterocycles. The molecule has 2 amide bonds. The number of ether oxygens (including phenoxy) is 1. The van der Waals surface area contributed by atoms with Gasteiger partial charge in [-0.1, -0.05) is 18.2 Å². The van der Waals surface area contributed by atoms with Crippen LogP contribution in [0, 0.1) is 0 Å². The average Bonchev–Trinajstić information content (AvgIpc) is 2.97. The van der Waals surface area contributed by atoms with Gasteiger partial charge in [0.1, 0.15) is 12.1 Å². The number of carbonyl (C=O) groups excluding carboxylic acids is 2. The van der Waals surface area contributed by atoms with E-state index in [9.17, 15) is 9.59 Å². The largest absolute Gasteiger partial charge is 0.377 e. The Morgan fingerprint density at radius 3 is 2.95 bits per heavy atom. The second-order valence-electron chi connectivity index (χ2n) is 5.29. The molecule has 112 valence electrons. The Morgan fingerprint density at radius 2 is 2.19 bits per heavy atom. The van der Waals surface area contributed by atoms with Gasteiger partial charge in [-0.15, -0.1) is 0 Å². The quantitative estimate of drug-likeness (QED) is 0.804. The number of rotatable bonds is 2. The SMILES string of the molecule is CNC(=O)C1COCCN1C(=O)[C@@H]1Cc2ccccc2N1. The summed E-state index contributed by atoms with van der Waals surface area (Å²) in [6.07, 6.45) is 0.660. The minimum atomic E-state index is -0.540. The number of morpholine rings is 1. The third-order valence-electron chi connectivity index (χ3n) is 4.03. The zero-order valence-electron chi connectivity index (χ0n) is 12.0. The Balaban J connectivity index is 1.74. The number of hydrogen-bond acceptors (Lipinski definition) is 4. The number of anilines is 1. The number of likely N-dealkylation sites (N-methyl/N-ethyl adjacent to an activating group) is 1. The fraction of sp³-hybridized carbons (Fsp3) is 0.467. The van der Waals surface area contributed by atoms with E-state index in [1.165, 1.54) is 0 Å². The lowest BCUT2D eigenvalue weighted by Crippen LogP contribution is -2.58. The molecule has 21 heavy (non-hydrogen) atoms. The van der Waals surface area contributed by atoms with Gasteiger partial charge >= 0.3 is 0 Å². The van der Waals surface area contributed by atoms with Gasteiger partial charge in [0.05, 0.1) is 13.2 Å². The molecule has 1 saturated heterocycles. The van der Waals surface area contributed by atoms with Crippen LogP contribution in [0.5, 0.6) is 0 Å². The van der Waals surface area contributed by atoms with Gasteiger partial charge in [-0.05, 0) is 11.6 Å². The van der Waals surface area contributed by atoms with Crippen LogP contribution >= 0.6 is 0 Å². The third kappa shape index (κ3) is 2.58. The number of nitrogens with zero attached hydrogens (tertiary/aromatic N) is 1. The van der Waals surface area contributed by atoms with E-state index < -0.39 is 6.04 Å². The van der Waals surface area contributed by atoms with Gasteiger partial charge in [0.25, 0.3) is 0 Å². The maximum Gasteiger partial charge on any atom is 0.246 e. The number of benzene rings is 1. The van der Waals surface area contributed by atoms with Crippen molar-refractivity contribution in [1.29, 1.82) is 0 Å². The molecular weight excluding hydrogens is 270 g/mol. The lowest BCUT2D eigenvalue weighted by molar-refractivity contribution is -0.148. The van der Waals surface area contributed by atoms with Crippen LogP contribution in [0.2, 0.25) is 0 Å². The molecule has 6 nitrogen and oxygen atoms in total. The number of amides is 2. The summed E-state index contributed by atoms with van der Waals surface area (Å²) in [5.74, 6) is -0.221. The zero-order valence-corrected chi connectivity index (χ0v) is 12.0. The number of para-hydroxylation sites is 1. The Labute approximate surface area is 123 Å². The fourth-order valence-corrected chi connectivity index (χ4v) is 2.90. The molecule has 1 aromatic carbocycles. The fourth-order valence-electron chi connectivity index (χ4n) is 2.90. The van der Waals surface area contributed by atoms with Crippen molar-refractivity contribution in [2.75, 3.05) is 32.1 Å². The highest BCUT2D eigenvalue weighted by Crippen LogP contribution is 2.26. The molecule has 0 spiro atoms. The molecule has 0 bridgehead atoms. The van der Waals surface area contributed by atoms with Gasteiger partial charge in [0, 0.05) is 25.7 Å². The molecule has 0 radical (unpaired) electrons. The van der Waals surface area contributed by atoms with Crippen molar-refractivity contribution in [2.45, 2.75) is 18.5 Å². The topological polar surface area (TPSA) is 70.7 Å². The average molecular weight is 289 g/mol. The second-order valence-corrected chi connectivity index (χ2v) is 5.29. The van der Waals surface area contributed by atoms with E-state index in [1.807, 2.05) is 24.3 Å². The van der Waals surface area contributed by atoms with E-state index >= 15 is 0 Å². The van der Waals surface area contributed by atoms with Crippen molar-refractivity contribution < 1.29 is 14.3 Å². The van der Waals surface area contributed by atoms with Gasteiger partial charge in [0.2, 0.25) is 11.8 Å². The lowest BCUT2D eigenvalue weighted by Gasteiger charge is -2.35. The van der Waals surface area contributed by atoms with E-state index in [0.717, 1.165) is 11.3 Å². The van der Waals surface area contributed by atoms with Crippen LogP contribution in [0.15, 0.2) is 24.3 Å². The first-order valence-electron chi connectivity index (χ1n) is 7.15. The Morgan fingerprint density at radius 1 is 1.38 bits per heavy atom. The Bertz CT molecular complexity index is 536. The summed E-state index contributed by atoms with van der Waals surface area (Å²) >= 11 is 0. The van der Waals surface area contributed by atoms with Crippen LogP contribution in [0.1, 0.15) is 5.56 Å². The summed E-state index contributed by atoms with van der Waals surface area (Å²) in [6.45, 7) is 1.18. The molecule has 2 N–H and O–H groups in total. The highest BCUT2D eigenvalue weighted by Gasteiger charge is 2.37. The number of fused-ring (bicyclic) bond motifs is 1. The van der Waals surface area contributed by atoms with Crippen molar-refractivity contribution in [3.8, 4) is 0 Å². The molecule has 1 unspecified atom stereocenters. The predicted molar refractivity (Wildman–Crippen MR) is 77.9 cm³/mol. The number of carbonyl (C=O) groups is 2. The van der Waals surface area contributed by atoms with Crippen molar-refractivity contribution >= 4 is 17.5 Å². The van der Waals surface area contributed by atoms with Gasteiger partial charge in [-0.3, -0.25) is 9.59 Å². The Kier molecular flexibility index (Phi) is 3.79. The maximum absolute atomic E-state index is 12.7. The summed E-state index contributed by atoms with van der Waals surface area (Å²) in [6, 6.07) is 7.06. The molecule has 3 rings (SSSR count). The zero-order chi connectivity index (χ0) is 14.8. The van der Waals surface area contributed by atoms with Gasteiger partial charge in [-0.25, -0.2) is 0 Å². The molecule has 1 aromatic rings. The van der Waals surface area contributed by atoms with E-state index in [2.05, 4.69) is 10.6 Å². The summed E-state index contributed by atoms with van der Waals surface area (Å²) in [7, 11) is 1.57. The number of hydrogen-bond donors (Lipinski definition) is 2. The molecule has 2 aliphatic rings. The smallest absolute Gasteiger partial charge is 0.246 e. The van der Waals surface area contributed by atoms with Crippen molar-refractivity contribution in [3.05, 3.63) is 29.8 Å². The normalized spacial score (nSPS) is 24.1. The van der Waals surface area contributed by atoms with E-state index in [1.54, 1.807) is 11.9 Å². The second kappa shape index (κ2) is 5.73. The minimum absolute atomic E-state index is 0.0388. The first-order chi connectivity index (χ1) is 10.2. The third-order valence-corrected chi connectivity index (χ3v) is 4.03. The van der Waals surface area contributed by atoms with Crippen LogP contribution in [-0.4, -0.2) is 55.6 Å². The summed E-state index contributed by atoms with van der Waals surface area (Å²) in [5, 5.41) is 5.84. The van der Waals surface area contributed by atoms with E-state index in [4.69, 9.17) is 4.74 Å². The molecule has 6 heteroatoms. The van der Waals surface area contributed by atoms with Crippen LogP contribution in [0.25, 0.3) is 0 Å². The first kappa shape index (κ1) is 13.9. The molecular formula is C15H19N3O3. The summed E-state index contributed by atoms with van der Waals surface area (Å²) in [5.41, 5.74) is 2.14. The van der Waals surface area contributed by atoms with Crippen molar-refractivity contribution in [1.82, 2.24) is 10.2 Å². The van der Waals surface area contributed by atoms with Crippen LogP contribution in [0.3, 0.4) is 0 Å². The van der Waals surface area contributed by atoms with Gasteiger partial charge in [-0.2, -0.15) is 0 Å². The Hall–Kier alpha value is -2.08. The molecule has 0 aliphatic carbocycles. The molecule has 2 heterocycles. The summed E-state index contributed by atoms with van der Waals surface area (Å²) in [4.78, 5) is 26.3. The minimum Gasteiger partial charge on any atom is -0.377 e. The predicted octanol–water partition coefficient (Wildman–Crippen LogP) is -0.00340. The maximum atomic E-state index is 12.7. The number of nitrogens with one attached hydrogen (secondary N) is 2. The first-order valence-corrected chi connectivity index (χ1v) is 7.15.